The number of anilines is 2. The molecule has 2 aliphatic heterocycles. The Morgan fingerprint density at radius 1 is 1.09 bits per heavy atom. The summed E-state index contributed by atoms with van der Waals surface area (Å²) >= 11 is 6.59. The van der Waals surface area contributed by atoms with Crippen molar-refractivity contribution < 1.29 is 14.4 Å². The van der Waals surface area contributed by atoms with Gasteiger partial charge in [-0.15, -0.1) is 0 Å². The molecule has 4 rings (SSSR count). The van der Waals surface area contributed by atoms with Crippen molar-refractivity contribution in [3.8, 4) is 0 Å². The minimum Gasteiger partial charge on any atom is -0.324 e. The van der Waals surface area contributed by atoms with Crippen LogP contribution in [-0.2, 0) is 14.4 Å². The van der Waals surface area contributed by atoms with E-state index in [2.05, 4.69) is 5.32 Å². The Morgan fingerprint density at radius 2 is 1.78 bits per heavy atom. The van der Waals surface area contributed by atoms with Crippen LogP contribution in [0, 0.1) is 6.92 Å². The van der Waals surface area contributed by atoms with Crippen LogP contribution >= 0.6 is 24.0 Å². The lowest BCUT2D eigenvalue weighted by molar-refractivity contribution is -0.123. The minimum absolute atomic E-state index is 0.0525. The van der Waals surface area contributed by atoms with Gasteiger partial charge < -0.3 is 5.32 Å². The molecule has 0 unspecified atom stereocenters. The maximum Gasteiger partial charge on any atom is 0.267 e. The van der Waals surface area contributed by atoms with E-state index in [1.54, 1.807) is 17.0 Å². The number of nitrogens with one attached hydrogen (secondary N) is 1. The Morgan fingerprint density at radius 3 is 2.50 bits per heavy atom. The summed E-state index contributed by atoms with van der Waals surface area (Å²) in [6, 6.07) is 14.6. The molecule has 3 amide bonds. The highest BCUT2D eigenvalue weighted by Gasteiger charge is 2.43. The molecule has 2 aliphatic rings. The summed E-state index contributed by atoms with van der Waals surface area (Å²) in [4.78, 5) is 42.7. The van der Waals surface area contributed by atoms with Gasteiger partial charge in [-0.3, -0.25) is 24.2 Å². The smallest absolute Gasteiger partial charge is 0.267 e. The van der Waals surface area contributed by atoms with E-state index >= 15 is 0 Å². The predicted molar refractivity (Wildman–Crippen MR) is 132 cm³/mol. The van der Waals surface area contributed by atoms with E-state index in [4.69, 9.17) is 12.2 Å². The van der Waals surface area contributed by atoms with Gasteiger partial charge in [0.15, 0.2) is 0 Å². The number of hydrogen-bond donors (Lipinski definition) is 1. The van der Waals surface area contributed by atoms with Gasteiger partial charge in [-0.1, -0.05) is 67.3 Å². The average Bonchev–Trinajstić information content (AvgIpc) is 3.21. The van der Waals surface area contributed by atoms with E-state index in [0.717, 1.165) is 23.7 Å². The number of rotatable bonds is 5. The Kier molecular flexibility index (Phi) is 6.17. The monoisotopic (exact) mass is 465 g/mol. The molecule has 0 radical (unpaired) electrons. The molecular formula is C24H23N3O3S2. The van der Waals surface area contributed by atoms with Crippen molar-refractivity contribution in [2.24, 2.45) is 0 Å². The van der Waals surface area contributed by atoms with E-state index in [1.165, 1.54) is 4.90 Å². The largest absolute Gasteiger partial charge is 0.324 e. The molecule has 1 N–H and O–H groups in total. The second-order valence-electron chi connectivity index (χ2n) is 7.78. The van der Waals surface area contributed by atoms with E-state index in [9.17, 15) is 14.4 Å². The summed E-state index contributed by atoms with van der Waals surface area (Å²) in [5.41, 5.74) is 3.20. The van der Waals surface area contributed by atoms with Crippen LogP contribution in [0.2, 0.25) is 0 Å². The van der Waals surface area contributed by atoms with Gasteiger partial charge in [-0.05, 0) is 38.0 Å². The van der Waals surface area contributed by atoms with Crippen LogP contribution in [0.5, 0.6) is 0 Å². The normalized spacial score (nSPS) is 18.9. The highest BCUT2D eigenvalue weighted by atomic mass is 32.2. The van der Waals surface area contributed by atoms with Gasteiger partial charge in [0.1, 0.15) is 10.9 Å². The van der Waals surface area contributed by atoms with E-state index in [0.29, 0.717) is 31.7 Å². The average molecular weight is 466 g/mol. The van der Waals surface area contributed by atoms with Crippen molar-refractivity contribution in [2.75, 3.05) is 16.8 Å². The van der Waals surface area contributed by atoms with Crippen molar-refractivity contribution >= 4 is 63.0 Å². The van der Waals surface area contributed by atoms with Crippen molar-refractivity contribution in [3.05, 3.63) is 64.6 Å². The minimum atomic E-state index is -0.365. The first-order chi connectivity index (χ1) is 15.3. The molecular weight excluding hydrogens is 442 g/mol. The summed E-state index contributed by atoms with van der Waals surface area (Å²) < 4.78 is 0.452. The third-order valence-electron chi connectivity index (χ3n) is 5.70. The zero-order valence-electron chi connectivity index (χ0n) is 18.0. The van der Waals surface area contributed by atoms with Crippen molar-refractivity contribution in [3.63, 3.8) is 0 Å². The summed E-state index contributed by atoms with van der Waals surface area (Å²) in [5.74, 6) is -0.926. The van der Waals surface area contributed by atoms with Gasteiger partial charge in [-0.25, -0.2) is 0 Å². The van der Waals surface area contributed by atoms with Gasteiger partial charge in [0.2, 0.25) is 5.91 Å². The fraction of sp³-hybridized carbons (Fsp3) is 0.250. The van der Waals surface area contributed by atoms with Crippen molar-refractivity contribution in [2.45, 2.75) is 33.2 Å². The molecule has 0 aliphatic carbocycles. The zero-order chi connectivity index (χ0) is 23.0. The molecule has 2 heterocycles. The predicted octanol–water partition coefficient (Wildman–Crippen LogP) is 4.35. The molecule has 2 aromatic carbocycles. The Balaban J connectivity index is 1.67. The summed E-state index contributed by atoms with van der Waals surface area (Å²) in [5, 5.41) is 2.87. The number of thiocarbonyl (C=S) groups is 1. The van der Waals surface area contributed by atoms with Gasteiger partial charge in [0.05, 0.1) is 16.2 Å². The van der Waals surface area contributed by atoms with E-state index < -0.39 is 0 Å². The number of benzene rings is 2. The maximum absolute atomic E-state index is 13.5. The van der Waals surface area contributed by atoms with Gasteiger partial charge in [0, 0.05) is 17.3 Å². The van der Waals surface area contributed by atoms with Crippen LogP contribution in [0.1, 0.15) is 31.4 Å². The van der Waals surface area contributed by atoms with Gasteiger partial charge in [0.25, 0.3) is 11.8 Å². The van der Waals surface area contributed by atoms with Crippen LogP contribution in [0.15, 0.2) is 53.4 Å². The van der Waals surface area contributed by atoms with Gasteiger partial charge >= 0.3 is 0 Å². The number of hydrogen-bond acceptors (Lipinski definition) is 5. The van der Waals surface area contributed by atoms with Crippen LogP contribution in [0.4, 0.5) is 11.4 Å². The fourth-order valence-corrected chi connectivity index (χ4v) is 5.33. The quantitative estimate of drug-likeness (QED) is 0.525. The first kappa shape index (κ1) is 22.2. The van der Waals surface area contributed by atoms with Crippen LogP contribution in [0.25, 0.3) is 5.57 Å². The lowest BCUT2D eigenvalue weighted by Crippen LogP contribution is -2.37. The topological polar surface area (TPSA) is 69.7 Å². The number of aryl methyl sites for hydroxylation is 1. The van der Waals surface area contributed by atoms with Crippen molar-refractivity contribution in [1.82, 2.24) is 4.90 Å². The third kappa shape index (κ3) is 3.84. The summed E-state index contributed by atoms with van der Waals surface area (Å²) in [6.07, 6.45) is 0.755. The van der Waals surface area contributed by atoms with Crippen LogP contribution in [-0.4, -0.2) is 39.5 Å². The fourth-order valence-electron chi connectivity index (χ4n) is 3.80. The SMILES string of the molecule is CC[C@@H](C)N1C(=O)/C(=C2/C(=O)N(CC(=O)Nc3ccccc3C)c3ccccc32)SC1=S. The van der Waals surface area contributed by atoms with Crippen molar-refractivity contribution in [1.29, 1.82) is 0 Å². The highest BCUT2D eigenvalue weighted by molar-refractivity contribution is 8.26. The molecule has 0 aromatic heterocycles. The standard InChI is InChI=1S/C24H23N3O3S2/c1-4-15(3)27-23(30)21(32-24(27)31)20-16-10-6-8-12-18(16)26(22(20)29)13-19(28)25-17-11-7-5-9-14(17)2/h5-12,15H,4,13H2,1-3H3,(H,25,28)/b21-20-/t15-/m1/s1. The molecule has 32 heavy (non-hydrogen) atoms. The molecule has 1 atom stereocenters. The first-order valence-corrected chi connectivity index (χ1v) is 11.6. The molecule has 2 aromatic rings. The van der Waals surface area contributed by atoms with Gasteiger partial charge in [-0.2, -0.15) is 0 Å². The number of nitrogens with zero attached hydrogens (tertiary/aromatic N) is 2. The highest BCUT2D eigenvalue weighted by Crippen LogP contribution is 2.45. The summed E-state index contributed by atoms with van der Waals surface area (Å²) in [6.45, 7) is 5.68. The molecule has 1 fully saturated rings. The number of amides is 3. The third-order valence-corrected chi connectivity index (χ3v) is 7.10. The Labute approximate surface area is 196 Å². The Hall–Kier alpha value is -2.97. The molecule has 0 spiro atoms. The lowest BCUT2D eigenvalue weighted by atomic mass is 10.1. The summed E-state index contributed by atoms with van der Waals surface area (Å²) in [7, 11) is 0. The molecule has 164 valence electrons. The number of fused-ring (bicyclic) bond motifs is 1. The zero-order valence-corrected chi connectivity index (χ0v) is 19.7. The number of carbonyl (C=O) groups is 3. The number of thioether (sulfide) groups is 1. The number of carbonyl (C=O) groups excluding carboxylic acids is 3. The molecule has 8 heteroatoms. The van der Waals surface area contributed by atoms with Crippen LogP contribution < -0.4 is 10.2 Å². The molecule has 0 bridgehead atoms. The molecule has 6 nitrogen and oxygen atoms in total. The Bertz CT molecular complexity index is 1170. The maximum atomic E-state index is 13.5. The van der Waals surface area contributed by atoms with E-state index in [1.807, 2.05) is 57.2 Å². The second kappa shape index (κ2) is 8.88. The van der Waals surface area contributed by atoms with E-state index in [-0.39, 0.29) is 30.3 Å². The first-order valence-electron chi connectivity index (χ1n) is 10.4. The molecule has 1 saturated heterocycles. The lowest BCUT2D eigenvalue weighted by Gasteiger charge is -2.21. The number of para-hydroxylation sites is 2. The molecule has 0 saturated carbocycles. The van der Waals surface area contributed by atoms with Crippen LogP contribution in [0.3, 0.4) is 0 Å². The second-order valence-corrected chi connectivity index (χ2v) is 9.42.